The first-order valence-corrected chi connectivity index (χ1v) is 28.6. The Labute approximate surface area is 399 Å². The summed E-state index contributed by atoms with van der Waals surface area (Å²) >= 11 is 0. The first kappa shape index (κ1) is 48.0. The summed E-state index contributed by atoms with van der Waals surface area (Å²) in [5.41, 5.74) is -0.587. The van der Waals surface area contributed by atoms with Crippen molar-refractivity contribution in [1.82, 2.24) is 0 Å². The molecular formula is C58H96O8. The van der Waals surface area contributed by atoms with Crippen LogP contribution in [0.3, 0.4) is 0 Å². The summed E-state index contributed by atoms with van der Waals surface area (Å²) in [6.07, 6.45) is 20.0. The summed E-state index contributed by atoms with van der Waals surface area (Å²) in [6, 6.07) is 0. The van der Waals surface area contributed by atoms with E-state index in [4.69, 9.17) is 9.47 Å². The molecule has 10 aliphatic carbocycles. The van der Waals surface area contributed by atoms with Crippen molar-refractivity contribution in [3.8, 4) is 0 Å². The molecule has 0 aromatic heterocycles. The van der Waals surface area contributed by atoms with Gasteiger partial charge in [-0.25, -0.2) is 0 Å². The molecule has 12 aliphatic rings. The van der Waals surface area contributed by atoms with Gasteiger partial charge in [0.05, 0.1) is 49.8 Å². The maximum atomic E-state index is 11.8. The second-order valence-corrected chi connectivity index (χ2v) is 28.4. The largest absolute Gasteiger partial charge is 0.393 e. The monoisotopic (exact) mass is 921 g/mol. The molecule has 0 aromatic rings. The third-order valence-corrected chi connectivity index (χ3v) is 25.8. The minimum atomic E-state index is -0.417. The predicted molar refractivity (Wildman–Crippen MR) is 257 cm³/mol. The first-order chi connectivity index (χ1) is 31.2. The molecule has 6 N–H and O–H groups in total. The van der Waals surface area contributed by atoms with Crippen molar-refractivity contribution >= 4 is 0 Å². The van der Waals surface area contributed by atoms with Gasteiger partial charge in [-0.2, -0.15) is 0 Å². The van der Waals surface area contributed by atoms with Gasteiger partial charge >= 0.3 is 0 Å². The molecule has 0 amide bonds. The summed E-state index contributed by atoms with van der Waals surface area (Å²) in [6.45, 7) is 20.3. The summed E-state index contributed by atoms with van der Waals surface area (Å²) in [5.74, 6) is 9.62. The van der Waals surface area contributed by atoms with Crippen molar-refractivity contribution in [2.45, 2.75) is 232 Å². The number of aliphatic hydroxyl groups is 6. The van der Waals surface area contributed by atoms with Crippen LogP contribution in [0.4, 0.5) is 0 Å². The van der Waals surface area contributed by atoms with Gasteiger partial charge < -0.3 is 40.1 Å². The molecule has 28 atom stereocenters. The number of ether oxygens (including phenoxy) is 2. The van der Waals surface area contributed by atoms with Crippen molar-refractivity contribution in [3.63, 3.8) is 0 Å². The standard InChI is InChI=1S/2C29H48O4/c2*1-16-11-21(16)17(2)12-26(32)29(15-33-29)24-8-7-22-20-6-5-18-13-19(30)9-10-27(18,3)23(20)14-25(31)28(22,24)4/h2*16-26,30-32H,5-15H2,1-4H3/t16-,17-,18+,19+,20+,21+,22+,23+,24+,25-,26-,27+,28+,29+;16-,17-,18+,19-,20+,21+,22+,23+,24+,25-,26-,27+,28+,29+/m11/s1. The van der Waals surface area contributed by atoms with E-state index in [1.807, 2.05) is 0 Å². The Kier molecular flexibility index (Phi) is 12.1. The first-order valence-electron chi connectivity index (χ1n) is 28.6. The van der Waals surface area contributed by atoms with Crippen molar-refractivity contribution in [2.75, 3.05) is 13.2 Å². The van der Waals surface area contributed by atoms with Gasteiger partial charge in [-0.3, -0.25) is 0 Å². The third-order valence-electron chi connectivity index (χ3n) is 25.8. The van der Waals surface area contributed by atoms with Gasteiger partial charge in [-0.15, -0.1) is 0 Å². The van der Waals surface area contributed by atoms with Crippen LogP contribution in [0.15, 0.2) is 0 Å². The lowest BCUT2D eigenvalue weighted by Gasteiger charge is -2.62. The molecule has 10 saturated carbocycles. The minimum Gasteiger partial charge on any atom is -0.393 e. The highest BCUT2D eigenvalue weighted by atomic mass is 16.6. The predicted octanol–water partition coefficient (Wildman–Crippen LogP) is 9.58. The van der Waals surface area contributed by atoms with Crippen LogP contribution in [0.1, 0.15) is 184 Å². The fraction of sp³-hybridized carbons (Fsp3) is 1.00. The van der Waals surface area contributed by atoms with Crippen LogP contribution >= 0.6 is 0 Å². The lowest BCUT2D eigenvalue weighted by molar-refractivity contribution is -0.180. The van der Waals surface area contributed by atoms with Crippen LogP contribution in [0.25, 0.3) is 0 Å². The fourth-order valence-electron chi connectivity index (χ4n) is 21.1. The molecule has 2 heterocycles. The maximum absolute atomic E-state index is 11.8. The average Bonchev–Trinajstić information content (AvgIpc) is 4.14. The molecule has 0 radical (unpaired) electrons. The van der Waals surface area contributed by atoms with Crippen LogP contribution in [-0.4, -0.2) is 91.7 Å². The number of epoxide rings is 2. The van der Waals surface area contributed by atoms with Crippen LogP contribution < -0.4 is 0 Å². The van der Waals surface area contributed by atoms with Gasteiger partial charge in [-0.05, 0) is 222 Å². The van der Waals surface area contributed by atoms with E-state index in [0.717, 1.165) is 101 Å². The molecule has 0 spiro atoms. The molecule has 12 fully saturated rings. The van der Waals surface area contributed by atoms with Crippen LogP contribution in [0.2, 0.25) is 0 Å². The highest BCUT2D eigenvalue weighted by molar-refractivity contribution is 5.21. The van der Waals surface area contributed by atoms with Gasteiger partial charge in [0.2, 0.25) is 0 Å². The van der Waals surface area contributed by atoms with Crippen molar-refractivity contribution in [1.29, 1.82) is 0 Å². The van der Waals surface area contributed by atoms with Crippen LogP contribution in [0, 0.1) is 116 Å². The van der Waals surface area contributed by atoms with Crippen LogP contribution in [0.5, 0.6) is 0 Å². The Morgan fingerprint density at radius 2 is 0.848 bits per heavy atom. The summed E-state index contributed by atoms with van der Waals surface area (Å²) in [5, 5.41) is 67.1. The zero-order valence-electron chi connectivity index (χ0n) is 42.8. The molecule has 2 saturated heterocycles. The number of hydrogen-bond donors (Lipinski definition) is 6. The topological polar surface area (TPSA) is 146 Å². The Bertz CT molecular complexity index is 1660. The van der Waals surface area contributed by atoms with Crippen molar-refractivity contribution in [2.24, 2.45) is 116 Å². The molecule has 8 nitrogen and oxygen atoms in total. The molecule has 376 valence electrons. The molecule has 0 bridgehead atoms. The van der Waals surface area contributed by atoms with E-state index in [2.05, 4.69) is 55.4 Å². The second kappa shape index (κ2) is 16.6. The average molecular weight is 921 g/mol. The van der Waals surface area contributed by atoms with E-state index in [1.54, 1.807) is 0 Å². The molecule has 8 heteroatoms. The van der Waals surface area contributed by atoms with Gasteiger partial charge in [0.15, 0.2) is 0 Å². The molecule has 2 aliphatic heterocycles. The lowest BCUT2D eigenvalue weighted by atomic mass is 9.43. The number of fused-ring (bicyclic) bond motifs is 10. The Hall–Kier alpha value is -0.320. The highest BCUT2D eigenvalue weighted by Gasteiger charge is 2.73. The number of aliphatic hydroxyl groups excluding tert-OH is 6. The maximum Gasteiger partial charge on any atom is 0.121 e. The minimum absolute atomic E-state index is 0.122. The van der Waals surface area contributed by atoms with E-state index in [9.17, 15) is 30.6 Å². The van der Waals surface area contributed by atoms with E-state index < -0.39 is 23.4 Å². The van der Waals surface area contributed by atoms with Gasteiger partial charge in [-0.1, -0.05) is 55.4 Å². The quantitative estimate of drug-likeness (QED) is 0.119. The van der Waals surface area contributed by atoms with E-state index in [-0.39, 0.29) is 57.9 Å². The Morgan fingerprint density at radius 3 is 1.18 bits per heavy atom. The van der Waals surface area contributed by atoms with Gasteiger partial charge in [0.25, 0.3) is 0 Å². The number of hydrogen-bond acceptors (Lipinski definition) is 8. The van der Waals surface area contributed by atoms with Crippen LogP contribution in [-0.2, 0) is 9.47 Å². The lowest BCUT2D eigenvalue weighted by Crippen LogP contribution is -2.60. The van der Waals surface area contributed by atoms with Crippen molar-refractivity contribution < 1.29 is 40.1 Å². The van der Waals surface area contributed by atoms with E-state index in [1.165, 1.54) is 51.4 Å². The number of rotatable bonds is 10. The zero-order chi connectivity index (χ0) is 46.7. The highest BCUT2D eigenvalue weighted by Crippen LogP contribution is 2.72. The summed E-state index contributed by atoms with van der Waals surface area (Å²) < 4.78 is 12.4. The smallest absolute Gasteiger partial charge is 0.121 e. The third kappa shape index (κ3) is 7.26. The zero-order valence-corrected chi connectivity index (χ0v) is 42.8. The molecule has 0 aromatic carbocycles. The molecule has 0 unspecified atom stereocenters. The Balaban J connectivity index is 0.000000146. The fourth-order valence-corrected chi connectivity index (χ4v) is 21.1. The molecule has 66 heavy (non-hydrogen) atoms. The second-order valence-electron chi connectivity index (χ2n) is 28.4. The normalized spacial score (nSPS) is 59.2. The van der Waals surface area contributed by atoms with E-state index in [0.29, 0.717) is 72.4 Å². The summed E-state index contributed by atoms with van der Waals surface area (Å²) in [4.78, 5) is 0. The van der Waals surface area contributed by atoms with Gasteiger partial charge in [0, 0.05) is 22.7 Å². The summed E-state index contributed by atoms with van der Waals surface area (Å²) in [7, 11) is 0. The van der Waals surface area contributed by atoms with E-state index >= 15 is 0 Å². The Morgan fingerprint density at radius 1 is 0.485 bits per heavy atom. The SMILES string of the molecule is C[C@@H]1C[C@@H]1[C@H](C)C[C@@H](O)[C@@]1([C@H]2CC[C@H]3[C@@H]4CC[C@H]5C[C@@H](O)CC[C@]5(C)[C@H]4C[C@@H](O)[C@]23C)CO1.C[C@@H]1C[C@@H]1[C@H](C)C[C@@H](O)[C@@]1([C@H]2CC[C@H]3[C@@H]4CC[C@H]5C[C@H](O)CC[C@]5(C)[C@H]4C[C@@H](O)[C@]23C)CO1. The molecular weight excluding hydrogens is 825 g/mol. The van der Waals surface area contributed by atoms with Gasteiger partial charge in [0.1, 0.15) is 11.2 Å². The molecule has 12 rings (SSSR count). The van der Waals surface area contributed by atoms with Crippen molar-refractivity contribution in [3.05, 3.63) is 0 Å².